The van der Waals surface area contributed by atoms with Crippen LogP contribution in [0.15, 0.2) is 18.3 Å². The van der Waals surface area contributed by atoms with E-state index in [1.165, 1.54) is 0 Å². The third-order valence-electron chi connectivity index (χ3n) is 4.24. The smallest absolute Gasteiger partial charge is 0.254 e. The highest BCUT2D eigenvalue weighted by atomic mass is 16.5. The van der Waals surface area contributed by atoms with Gasteiger partial charge in [-0.25, -0.2) is 4.98 Å². The van der Waals surface area contributed by atoms with Gasteiger partial charge in [0.15, 0.2) is 0 Å². The van der Waals surface area contributed by atoms with Gasteiger partial charge in [-0.2, -0.15) is 0 Å². The van der Waals surface area contributed by atoms with Gasteiger partial charge < -0.3 is 20.3 Å². The summed E-state index contributed by atoms with van der Waals surface area (Å²) in [7, 11) is 1.59. The maximum Gasteiger partial charge on any atom is 0.254 e. The summed E-state index contributed by atoms with van der Waals surface area (Å²) in [6.07, 6.45) is 2.33. The number of carbonyl (C=O) groups excluding carboxylic acids is 1. The second-order valence-electron chi connectivity index (χ2n) is 5.52. The van der Waals surface area contributed by atoms with E-state index in [-0.39, 0.29) is 5.91 Å². The summed E-state index contributed by atoms with van der Waals surface area (Å²) in [6.45, 7) is 6.73. The normalized spacial score (nSPS) is 18.4. The fraction of sp³-hybridized carbons (Fsp3) is 0.600. The number of nitrogens with two attached hydrogens (primary N) is 1. The Labute approximate surface area is 125 Å². The molecule has 1 aromatic rings. The molecule has 1 fully saturated rings. The van der Waals surface area contributed by atoms with E-state index in [9.17, 15) is 4.79 Å². The number of amides is 1. The van der Waals surface area contributed by atoms with Gasteiger partial charge in [-0.15, -0.1) is 0 Å². The number of hydrogen-bond acceptors (Lipinski definition) is 5. The molecule has 0 aromatic carbocycles. The van der Waals surface area contributed by atoms with Crippen molar-refractivity contribution in [2.45, 2.75) is 25.9 Å². The van der Waals surface area contributed by atoms with E-state index in [1.54, 1.807) is 13.3 Å². The number of methoxy groups -OCH3 is 1. The quantitative estimate of drug-likeness (QED) is 0.900. The molecule has 2 rings (SSSR count). The Morgan fingerprint density at radius 2 is 2.05 bits per heavy atom. The fourth-order valence-electron chi connectivity index (χ4n) is 2.44. The number of carbonyl (C=O) groups is 1. The molecule has 1 unspecified atom stereocenters. The fourth-order valence-corrected chi connectivity index (χ4v) is 2.44. The number of ether oxygens (including phenoxy) is 1. The Bertz CT molecular complexity index is 477. The highest BCUT2D eigenvalue weighted by molar-refractivity contribution is 5.85. The van der Waals surface area contributed by atoms with Crippen molar-refractivity contribution in [3.8, 4) is 0 Å². The summed E-state index contributed by atoms with van der Waals surface area (Å²) in [5, 5.41) is 0. The lowest BCUT2D eigenvalue weighted by molar-refractivity contribution is -0.153. The van der Waals surface area contributed by atoms with Crippen LogP contribution in [-0.2, 0) is 9.53 Å². The first-order valence-electron chi connectivity index (χ1n) is 7.31. The van der Waals surface area contributed by atoms with Gasteiger partial charge in [0.25, 0.3) is 5.91 Å². The predicted molar refractivity (Wildman–Crippen MR) is 83.1 cm³/mol. The topological polar surface area (TPSA) is 71.7 Å². The average Bonchev–Trinajstić information content (AvgIpc) is 2.54. The molecule has 1 saturated heterocycles. The number of nitrogen functional groups attached to an aromatic ring is 1. The van der Waals surface area contributed by atoms with Crippen LogP contribution < -0.4 is 10.6 Å². The molecule has 2 heterocycles. The summed E-state index contributed by atoms with van der Waals surface area (Å²) >= 11 is 0. The van der Waals surface area contributed by atoms with Gasteiger partial charge in [0.05, 0.1) is 11.9 Å². The zero-order chi connectivity index (χ0) is 15.5. The molecule has 6 nitrogen and oxygen atoms in total. The monoisotopic (exact) mass is 292 g/mol. The van der Waals surface area contributed by atoms with Crippen LogP contribution >= 0.6 is 0 Å². The molecule has 6 heteroatoms. The molecule has 1 aliphatic heterocycles. The summed E-state index contributed by atoms with van der Waals surface area (Å²) < 4.78 is 5.40. The first kappa shape index (κ1) is 15.6. The number of aromatic nitrogens is 1. The van der Waals surface area contributed by atoms with Crippen molar-refractivity contribution in [1.29, 1.82) is 0 Å². The molecule has 0 spiro atoms. The largest absolute Gasteiger partial charge is 0.397 e. The van der Waals surface area contributed by atoms with E-state index in [4.69, 9.17) is 10.5 Å². The number of piperazine rings is 1. The Hall–Kier alpha value is -1.82. The average molecular weight is 292 g/mol. The number of hydrogen-bond donors (Lipinski definition) is 1. The molecule has 21 heavy (non-hydrogen) atoms. The molecule has 116 valence electrons. The highest BCUT2D eigenvalue weighted by Gasteiger charge is 2.36. The van der Waals surface area contributed by atoms with Crippen LogP contribution in [0, 0.1) is 0 Å². The number of nitrogens with zero attached hydrogens (tertiary/aromatic N) is 3. The molecule has 0 radical (unpaired) electrons. The van der Waals surface area contributed by atoms with Gasteiger partial charge in [-0.05, 0) is 25.5 Å². The SMILES string of the molecule is CCC(C)(OC)C(=O)N1CCN(c2ccc(N)cn2)CC1. The third kappa shape index (κ3) is 3.26. The Balaban J connectivity index is 1.97. The van der Waals surface area contributed by atoms with Crippen LogP contribution in [0.25, 0.3) is 0 Å². The van der Waals surface area contributed by atoms with Crippen molar-refractivity contribution in [2.24, 2.45) is 0 Å². The summed E-state index contributed by atoms with van der Waals surface area (Å²) in [5.41, 5.74) is 5.59. The molecule has 1 aliphatic rings. The van der Waals surface area contributed by atoms with Gasteiger partial charge in [0, 0.05) is 33.3 Å². The number of rotatable bonds is 4. The van der Waals surface area contributed by atoms with E-state index in [0.29, 0.717) is 25.2 Å². The van der Waals surface area contributed by atoms with Crippen LogP contribution in [0.2, 0.25) is 0 Å². The van der Waals surface area contributed by atoms with Crippen LogP contribution in [0.4, 0.5) is 11.5 Å². The minimum absolute atomic E-state index is 0.0671. The molecule has 1 aromatic heterocycles. The maximum atomic E-state index is 12.5. The molecule has 0 bridgehead atoms. The zero-order valence-corrected chi connectivity index (χ0v) is 13.0. The second-order valence-corrected chi connectivity index (χ2v) is 5.52. The summed E-state index contributed by atoms with van der Waals surface area (Å²) in [6, 6.07) is 3.76. The first-order valence-corrected chi connectivity index (χ1v) is 7.31. The Morgan fingerprint density at radius 1 is 1.38 bits per heavy atom. The van der Waals surface area contributed by atoms with E-state index in [1.807, 2.05) is 30.9 Å². The zero-order valence-electron chi connectivity index (χ0n) is 13.0. The van der Waals surface area contributed by atoms with Crippen molar-refractivity contribution in [2.75, 3.05) is 43.9 Å². The van der Waals surface area contributed by atoms with E-state index in [2.05, 4.69) is 9.88 Å². The summed E-state index contributed by atoms with van der Waals surface area (Å²) in [5.74, 6) is 0.971. The minimum Gasteiger partial charge on any atom is -0.397 e. The van der Waals surface area contributed by atoms with Gasteiger partial charge in [0.1, 0.15) is 11.4 Å². The number of anilines is 2. The van der Waals surface area contributed by atoms with E-state index < -0.39 is 5.60 Å². The first-order chi connectivity index (χ1) is 10.00. The van der Waals surface area contributed by atoms with Gasteiger partial charge in [-0.1, -0.05) is 6.92 Å². The van der Waals surface area contributed by atoms with Crippen LogP contribution in [-0.4, -0.2) is 54.7 Å². The molecule has 1 amide bonds. The molecular weight excluding hydrogens is 268 g/mol. The van der Waals surface area contributed by atoms with Crippen LogP contribution in [0.5, 0.6) is 0 Å². The van der Waals surface area contributed by atoms with Crippen LogP contribution in [0.1, 0.15) is 20.3 Å². The van der Waals surface area contributed by atoms with Gasteiger partial charge in [-0.3, -0.25) is 4.79 Å². The van der Waals surface area contributed by atoms with E-state index in [0.717, 1.165) is 18.9 Å². The third-order valence-corrected chi connectivity index (χ3v) is 4.24. The second kappa shape index (κ2) is 6.30. The van der Waals surface area contributed by atoms with Crippen molar-refractivity contribution in [3.63, 3.8) is 0 Å². The Morgan fingerprint density at radius 3 is 2.52 bits per heavy atom. The van der Waals surface area contributed by atoms with Gasteiger partial charge in [0.2, 0.25) is 0 Å². The minimum atomic E-state index is -0.721. The van der Waals surface area contributed by atoms with Gasteiger partial charge >= 0.3 is 0 Å². The molecule has 2 N–H and O–H groups in total. The molecule has 0 aliphatic carbocycles. The molecule has 1 atom stereocenters. The van der Waals surface area contributed by atoms with Crippen molar-refractivity contribution < 1.29 is 9.53 Å². The van der Waals surface area contributed by atoms with Crippen molar-refractivity contribution in [1.82, 2.24) is 9.88 Å². The molecular formula is C15H24N4O2. The standard InChI is InChI=1S/C15H24N4O2/c1-4-15(2,21-3)14(20)19-9-7-18(8-10-19)13-6-5-12(16)11-17-13/h5-6,11H,4,7-10,16H2,1-3H3. The van der Waals surface area contributed by atoms with Crippen LogP contribution in [0.3, 0.4) is 0 Å². The van der Waals surface area contributed by atoms with E-state index >= 15 is 0 Å². The lowest BCUT2D eigenvalue weighted by Gasteiger charge is -2.39. The Kier molecular flexibility index (Phi) is 4.67. The summed E-state index contributed by atoms with van der Waals surface area (Å²) in [4.78, 5) is 20.9. The van der Waals surface area contributed by atoms with Crippen molar-refractivity contribution >= 4 is 17.4 Å². The highest BCUT2D eigenvalue weighted by Crippen LogP contribution is 2.20. The maximum absolute atomic E-state index is 12.5. The van der Waals surface area contributed by atoms with Crippen molar-refractivity contribution in [3.05, 3.63) is 18.3 Å². The lowest BCUT2D eigenvalue weighted by Crippen LogP contribution is -2.55. The molecule has 0 saturated carbocycles. The lowest BCUT2D eigenvalue weighted by atomic mass is 10.0. The predicted octanol–water partition coefficient (Wildman–Crippen LogP) is 1.13. The number of pyridine rings is 1.